The predicted octanol–water partition coefficient (Wildman–Crippen LogP) is 2.30. The van der Waals surface area contributed by atoms with Crippen molar-refractivity contribution in [1.29, 1.82) is 0 Å². The van der Waals surface area contributed by atoms with Gasteiger partial charge in [-0.2, -0.15) is 9.61 Å². The van der Waals surface area contributed by atoms with Gasteiger partial charge in [0.05, 0.1) is 5.69 Å². The van der Waals surface area contributed by atoms with Crippen molar-refractivity contribution in [2.75, 3.05) is 5.43 Å². The van der Waals surface area contributed by atoms with E-state index in [2.05, 4.69) is 46.7 Å². The van der Waals surface area contributed by atoms with Crippen LogP contribution >= 0.6 is 0 Å². The van der Waals surface area contributed by atoms with Crippen LogP contribution in [0.5, 0.6) is 0 Å². The molecular formula is C14H15N5. The van der Waals surface area contributed by atoms with E-state index in [1.807, 2.05) is 19.1 Å². The molecule has 0 amide bonds. The van der Waals surface area contributed by atoms with Crippen LogP contribution in [0.4, 0.5) is 5.82 Å². The third kappa shape index (κ3) is 2.04. The smallest absolute Gasteiger partial charge is 0.158 e. The molecule has 19 heavy (non-hydrogen) atoms. The van der Waals surface area contributed by atoms with Gasteiger partial charge in [0.2, 0.25) is 0 Å². The first-order valence-electron chi connectivity index (χ1n) is 6.08. The summed E-state index contributed by atoms with van der Waals surface area (Å²) < 4.78 is 1.71. The fraction of sp³-hybridized carbons (Fsp3) is 0.143. The van der Waals surface area contributed by atoms with Crippen LogP contribution in [0.3, 0.4) is 0 Å². The minimum absolute atomic E-state index is 0.723. The zero-order valence-electron chi connectivity index (χ0n) is 10.9. The largest absolute Gasteiger partial charge is 0.308 e. The lowest BCUT2D eigenvalue weighted by atomic mass is 10.1. The van der Waals surface area contributed by atoms with Gasteiger partial charge in [-0.3, -0.25) is 0 Å². The highest BCUT2D eigenvalue weighted by Crippen LogP contribution is 2.21. The molecule has 0 aliphatic rings. The number of anilines is 1. The Kier molecular flexibility index (Phi) is 2.68. The Balaban J connectivity index is 2.18. The van der Waals surface area contributed by atoms with Crippen molar-refractivity contribution in [2.45, 2.75) is 13.8 Å². The van der Waals surface area contributed by atoms with Crippen molar-refractivity contribution >= 4 is 11.5 Å². The highest BCUT2D eigenvalue weighted by Gasteiger charge is 2.08. The van der Waals surface area contributed by atoms with Crippen LogP contribution in [-0.2, 0) is 0 Å². The average Bonchev–Trinajstić information content (AvgIpc) is 2.82. The molecule has 96 valence electrons. The molecule has 0 saturated heterocycles. The van der Waals surface area contributed by atoms with E-state index in [4.69, 9.17) is 5.84 Å². The summed E-state index contributed by atoms with van der Waals surface area (Å²) in [6.07, 6.45) is 0. The quantitative estimate of drug-likeness (QED) is 0.543. The van der Waals surface area contributed by atoms with Gasteiger partial charge in [0.25, 0.3) is 0 Å². The lowest BCUT2D eigenvalue weighted by molar-refractivity contribution is 0.930. The second-order valence-corrected chi connectivity index (χ2v) is 4.59. The van der Waals surface area contributed by atoms with E-state index in [0.29, 0.717) is 0 Å². The van der Waals surface area contributed by atoms with Crippen LogP contribution in [0, 0.1) is 13.8 Å². The summed E-state index contributed by atoms with van der Waals surface area (Å²) >= 11 is 0. The number of nitrogens with two attached hydrogens (primary N) is 1. The number of hydrogen-bond donors (Lipinski definition) is 2. The molecule has 0 aliphatic carbocycles. The van der Waals surface area contributed by atoms with E-state index >= 15 is 0 Å². The normalized spacial score (nSPS) is 10.9. The van der Waals surface area contributed by atoms with Crippen molar-refractivity contribution in [1.82, 2.24) is 14.6 Å². The third-order valence-corrected chi connectivity index (χ3v) is 3.05. The van der Waals surface area contributed by atoms with Crippen molar-refractivity contribution < 1.29 is 0 Å². The van der Waals surface area contributed by atoms with Crippen molar-refractivity contribution in [3.05, 3.63) is 47.7 Å². The number of fused-ring (bicyclic) bond motifs is 1. The summed E-state index contributed by atoms with van der Waals surface area (Å²) in [7, 11) is 0. The third-order valence-electron chi connectivity index (χ3n) is 3.05. The summed E-state index contributed by atoms with van der Waals surface area (Å²) in [5.74, 6) is 6.24. The Morgan fingerprint density at radius 1 is 1.11 bits per heavy atom. The van der Waals surface area contributed by atoms with Gasteiger partial charge >= 0.3 is 0 Å². The summed E-state index contributed by atoms with van der Waals surface area (Å²) in [4.78, 5) is 4.45. The van der Waals surface area contributed by atoms with Gasteiger partial charge in [-0.25, -0.2) is 10.8 Å². The summed E-state index contributed by atoms with van der Waals surface area (Å²) in [6.45, 7) is 3.99. The van der Waals surface area contributed by atoms with Gasteiger partial charge in [-0.1, -0.05) is 29.8 Å². The number of nitrogen functional groups attached to an aromatic ring is 1. The van der Waals surface area contributed by atoms with E-state index in [9.17, 15) is 0 Å². The maximum Gasteiger partial charge on any atom is 0.158 e. The Morgan fingerprint density at radius 3 is 2.53 bits per heavy atom. The number of rotatable bonds is 2. The molecule has 3 aromatic rings. The zero-order chi connectivity index (χ0) is 13.4. The summed E-state index contributed by atoms with van der Waals surface area (Å²) in [5, 5.41) is 4.54. The van der Waals surface area contributed by atoms with Gasteiger partial charge in [0.15, 0.2) is 5.65 Å². The summed E-state index contributed by atoms with van der Waals surface area (Å²) in [6, 6.07) is 12.1. The zero-order valence-corrected chi connectivity index (χ0v) is 10.9. The number of aromatic nitrogens is 3. The summed E-state index contributed by atoms with van der Waals surface area (Å²) in [5.41, 5.74) is 7.50. The van der Waals surface area contributed by atoms with E-state index in [1.165, 1.54) is 5.56 Å². The van der Waals surface area contributed by atoms with Crippen LogP contribution in [0.2, 0.25) is 0 Å². The second-order valence-electron chi connectivity index (χ2n) is 4.59. The van der Waals surface area contributed by atoms with Gasteiger partial charge in [-0.15, -0.1) is 0 Å². The Morgan fingerprint density at radius 2 is 1.84 bits per heavy atom. The Bertz CT molecular complexity index is 727. The molecule has 0 bridgehead atoms. The maximum absolute atomic E-state index is 5.51. The first-order valence-corrected chi connectivity index (χ1v) is 6.08. The number of aryl methyl sites for hydroxylation is 2. The monoisotopic (exact) mass is 253 g/mol. The highest BCUT2D eigenvalue weighted by atomic mass is 15.4. The maximum atomic E-state index is 5.51. The van der Waals surface area contributed by atoms with Crippen molar-refractivity contribution in [3.8, 4) is 11.3 Å². The first-order chi connectivity index (χ1) is 9.17. The van der Waals surface area contributed by atoms with E-state index in [0.717, 1.165) is 28.4 Å². The predicted molar refractivity (Wildman–Crippen MR) is 75.7 cm³/mol. The standard InChI is InChI=1S/C14H15N5/c1-9-3-5-11(6-4-9)12-8-13-16-10(2)7-14(17-15)19(13)18-12/h3-8,17H,15H2,1-2H3. The van der Waals surface area contributed by atoms with E-state index in [1.54, 1.807) is 4.52 Å². The molecule has 3 rings (SSSR count). The number of hydrazine groups is 1. The van der Waals surface area contributed by atoms with Crippen LogP contribution < -0.4 is 11.3 Å². The molecule has 5 heteroatoms. The molecular weight excluding hydrogens is 238 g/mol. The number of hydrogen-bond acceptors (Lipinski definition) is 4. The van der Waals surface area contributed by atoms with E-state index < -0.39 is 0 Å². The van der Waals surface area contributed by atoms with Crippen LogP contribution in [-0.4, -0.2) is 14.6 Å². The minimum Gasteiger partial charge on any atom is -0.308 e. The molecule has 5 nitrogen and oxygen atoms in total. The van der Waals surface area contributed by atoms with Gasteiger partial charge in [-0.05, 0) is 13.8 Å². The number of benzene rings is 1. The van der Waals surface area contributed by atoms with Gasteiger partial charge in [0, 0.05) is 23.4 Å². The highest BCUT2D eigenvalue weighted by molar-refractivity contribution is 5.65. The first kappa shape index (κ1) is 11.7. The molecule has 0 saturated carbocycles. The molecule has 0 radical (unpaired) electrons. The molecule has 0 atom stereocenters. The van der Waals surface area contributed by atoms with Gasteiger partial charge in [0.1, 0.15) is 5.82 Å². The molecule has 1 aromatic carbocycles. The van der Waals surface area contributed by atoms with Crippen LogP contribution in [0.1, 0.15) is 11.3 Å². The van der Waals surface area contributed by atoms with Gasteiger partial charge < -0.3 is 5.43 Å². The molecule has 2 heterocycles. The molecule has 0 fully saturated rings. The van der Waals surface area contributed by atoms with Crippen molar-refractivity contribution in [3.63, 3.8) is 0 Å². The number of nitrogens with zero attached hydrogens (tertiary/aromatic N) is 3. The van der Waals surface area contributed by atoms with E-state index in [-0.39, 0.29) is 0 Å². The van der Waals surface area contributed by atoms with Crippen LogP contribution in [0.25, 0.3) is 16.9 Å². The number of nitrogens with one attached hydrogen (secondary N) is 1. The SMILES string of the molecule is Cc1ccc(-c2cc3nc(C)cc(NN)n3n2)cc1. The lowest BCUT2D eigenvalue weighted by Gasteiger charge is -2.03. The average molecular weight is 253 g/mol. The van der Waals surface area contributed by atoms with Crippen LogP contribution in [0.15, 0.2) is 36.4 Å². The molecule has 0 aliphatic heterocycles. The molecule has 3 N–H and O–H groups in total. The Hall–Kier alpha value is -2.40. The van der Waals surface area contributed by atoms with Crippen molar-refractivity contribution in [2.24, 2.45) is 5.84 Å². The molecule has 0 unspecified atom stereocenters. The minimum atomic E-state index is 0.723. The lowest BCUT2D eigenvalue weighted by Crippen LogP contribution is -2.12. The fourth-order valence-electron chi connectivity index (χ4n) is 2.07. The second kappa shape index (κ2) is 4.37. The fourth-order valence-corrected chi connectivity index (χ4v) is 2.07. The topological polar surface area (TPSA) is 68.2 Å². The Labute approximate surface area is 111 Å². The molecule has 0 spiro atoms. The molecule has 2 aromatic heterocycles.